The normalized spacial score (nSPS) is 15.2. The van der Waals surface area contributed by atoms with Gasteiger partial charge in [-0.3, -0.25) is 4.57 Å². The minimum atomic E-state index is -3.94. The molecule has 16 heavy (non-hydrogen) atoms. The molecule has 0 amide bonds. The van der Waals surface area contributed by atoms with Crippen molar-refractivity contribution in [2.24, 2.45) is 0 Å². The van der Waals surface area contributed by atoms with Gasteiger partial charge in [0, 0.05) is 0 Å². The molecule has 0 aliphatic heterocycles. The smallest absolute Gasteiger partial charge is 0.324 e. The quantitative estimate of drug-likeness (QED) is 0.532. The first-order valence-electron chi connectivity index (χ1n) is 5.18. The summed E-state index contributed by atoms with van der Waals surface area (Å²) in [5.41, 5.74) is -0.569. The lowest BCUT2D eigenvalue weighted by Gasteiger charge is -2.13. The lowest BCUT2D eigenvalue weighted by molar-refractivity contribution is 0.356. The minimum Gasteiger partial charge on any atom is -0.324 e. The molecular weight excluding hydrogens is 223 g/mol. The van der Waals surface area contributed by atoms with Crippen LogP contribution in [-0.2, 0) is 4.57 Å². The molecule has 0 saturated heterocycles. The van der Waals surface area contributed by atoms with Crippen LogP contribution in [0.1, 0.15) is 19.8 Å². The second-order valence-electron chi connectivity index (χ2n) is 3.32. The van der Waals surface area contributed by atoms with Crippen molar-refractivity contribution < 1.29 is 14.4 Å². The van der Waals surface area contributed by atoms with E-state index in [0.717, 1.165) is 0 Å². The Kier molecular flexibility index (Phi) is 7.82. The molecule has 0 bridgehead atoms. The van der Waals surface area contributed by atoms with Crippen LogP contribution in [0.3, 0.4) is 0 Å². The summed E-state index contributed by atoms with van der Waals surface area (Å²) in [6, 6.07) is 0. The van der Waals surface area contributed by atoms with E-state index in [4.69, 9.17) is 9.79 Å². The molecule has 0 heterocycles. The van der Waals surface area contributed by atoms with E-state index >= 15 is 0 Å². The highest BCUT2D eigenvalue weighted by atomic mass is 31.2. The highest BCUT2D eigenvalue weighted by Crippen LogP contribution is 2.44. The van der Waals surface area contributed by atoms with Gasteiger partial charge in [-0.2, -0.15) is 0 Å². The van der Waals surface area contributed by atoms with Crippen molar-refractivity contribution in [1.82, 2.24) is 0 Å². The molecule has 0 aromatic carbocycles. The van der Waals surface area contributed by atoms with Crippen molar-refractivity contribution in [2.45, 2.75) is 25.4 Å². The molecule has 0 rings (SSSR count). The molecule has 0 spiro atoms. The van der Waals surface area contributed by atoms with Crippen LogP contribution >= 0.6 is 7.60 Å². The van der Waals surface area contributed by atoms with E-state index in [2.05, 4.69) is 6.58 Å². The molecule has 4 heteroatoms. The van der Waals surface area contributed by atoms with Crippen LogP contribution in [-0.4, -0.2) is 15.4 Å². The van der Waals surface area contributed by atoms with E-state index in [-0.39, 0.29) is 0 Å². The van der Waals surface area contributed by atoms with Crippen LogP contribution in [0.2, 0.25) is 0 Å². The van der Waals surface area contributed by atoms with Gasteiger partial charge >= 0.3 is 7.60 Å². The monoisotopic (exact) mass is 242 g/mol. The molecule has 90 valence electrons. The third-order valence-corrected chi connectivity index (χ3v) is 3.60. The highest BCUT2D eigenvalue weighted by Gasteiger charge is 2.25. The third kappa shape index (κ3) is 7.41. The maximum Gasteiger partial charge on any atom is 0.328 e. The second kappa shape index (κ2) is 8.28. The van der Waals surface area contributed by atoms with Crippen LogP contribution in [0.4, 0.5) is 0 Å². The SMILES string of the molecule is C=CC=CC=CC=CCC(CC)P(=O)(O)O. The number of hydrogen-bond acceptors (Lipinski definition) is 1. The van der Waals surface area contributed by atoms with Gasteiger partial charge in [0.05, 0.1) is 5.66 Å². The van der Waals surface area contributed by atoms with E-state index in [0.29, 0.717) is 12.8 Å². The van der Waals surface area contributed by atoms with Crippen LogP contribution in [0.15, 0.2) is 49.1 Å². The zero-order chi connectivity index (χ0) is 12.4. The van der Waals surface area contributed by atoms with Crippen molar-refractivity contribution in [3.63, 3.8) is 0 Å². The van der Waals surface area contributed by atoms with Gasteiger partial charge in [-0.15, -0.1) is 0 Å². The summed E-state index contributed by atoms with van der Waals surface area (Å²) in [7, 11) is -3.94. The number of hydrogen-bond donors (Lipinski definition) is 2. The van der Waals surface area contributed by atoms with E-state index in [1.807, 2.05) is 18.2 Å². The average Bonchev–Trinajstić information content (AvgIpc) is 2.20. The van der Waals surface area contributed by atoms with Gasteiger partial charge in [0.2, 0.25) is 0 Å². The Morgan fingerprint density at radius 1 is 1.19 bits per heavy atom. The Labute approximate surface area is 97.0 Å². The van der Waals surface area contributed by atoms with E-state index in [1.54, 1.807) is 31.2 Å². The van der Waals surface area contributed by atoms with Gasteiger partial charge < -0.3 is 9.79 Å². The van der Waals surface area contributed by atoms with Crippen molar-refractivity contribution in [3.8, 4) is 0 Å². The largest absolute Gasteiger partial charge is 0.328 e. The molecule has 0 radical (unpaired) electrons. The van der Waals surface area contributed by atoms with Gasteiger partial charge in [-0.25, -0.2) is 0 Å². The fraction of sp³-hybridized carbons (Fsp3) is 0.333. The molecule has 0 aliphatic carbocycles. The lowest BCUT2D eigenvalue weighted by atomic mass is 10.2. The molecule has 1 atom stereocenters. The predicted molar refractivity (Wildman–Crippen MR) is 68.4 cm³/mol. The Bertz CT molecular complexity index is 323. The molecule has 3 nitrogen and oxygen atoms in total. The van der Waals surface area contributed by atoms with Crippen molar-refractivity contribution >= 4 is 7.60 Å². The zero-order valence-corrected chi connectivity index (χ0v) is 10.4. The fourth-order valence-electron chi connectivity index (χ4n) is 1.13. The van der Waals surface area contributed by atoms with E-state index in [1.165, 1.54) is 0 Å². The molecule has 0 fully saturated rings. The van der Waals surface area contributed by atoms with Crippen LogP contribution in [0.25, 0.3) is 0 Å². The Hall–Kier alpha value is -0.890. The first-order chi connectivity index (χ1) is 7.52. The Morgan fingerprint density at radius 3 is 2.25 bits per heavy atom. The first kappa shape index (κ1) is 15.1. The van der Waals surface area contributed by atoms with Crippen molar-refractivity contribution in [2.75, 3.05) is 0 Å². The van der Waals surface area contributed by atoms with Crippen molar-refractivity contribution in [1.29, 1.82) is 0 Å². The number of rotatable bonds is 7. The third-order valence-electron chi connectivity index (χ3n) is 2.07. The summed E-state index contributed by atoms with van der Waals surface area (Å²) < 4.78 is 11.0. The summed E-state index contributed by atoms with van der Waals surface area (Å²) >= 11 is 0. The molecule has 0 aromatic rings. The van der Waals surface area contributed by atoms with Gasteiger partial charge in [-0.1, -0.05) is 56.0 Å². The van der Waals surface area contributed by atoms with Crippen molar-refractivity contribution in [3.05, 3.63) is 49.1 Å². The molecule has 0 saturated carbocycles. The fourth-order valence-corrected chi connectivity index (χ4v) is 2.00. The lowest BCUT2D eigenvalue weighted by Crippen LogP contribution is -2.04. The summed E-state index contributed by atoms with van der Waals surface area (Å²) in [6.45, 7) is 5.31. The van der Waals surface area contributed by atoms with Gasteiger partial charge in [0.25, 0.3) is 0 Å². The maximum absolute atomic E-state index is 11.0. The maximum atomic E-state index is 11.0. The molecular formula is C12H19O3P. The summed E-state index contributed by atoms with van der Waals surface area (Å²) in [6.07, 6.45) is 13.4. The van der Waals surface area contributed by atoms with Gasteiger partial charge in [-0.05, 0) is 12.8 Å². The average molecular weight is 242 g/mol. The second-order valence-corrected chi connectivity index (χ2v) is 5.23. The number of allylic oxidation sites excluding steroid dienone is 7. The topological polar surface area (TPSA) is 57.5 Å². The molecule has 0 aromatic heterocycles. The highest BCUT2D eigenvalue weighted by molar-refractivity contribution is 7.52. The van der Waals surface area contributed by atoms with Crippen LogP contribution < -0.4 is 0 Å². The van der Waals surface area contributed by atoms with E-state index < -0.39 is 13.3 Å². The summed E-state index contributed by atoms with van der Waals surface area (Å²) in [4.78, 5) is 18.0. The first-order valence-corrected chi connectivity index (χ1v) is 6.86. The summed E-state index contributed by atoms with van der Waals surface area (Å²) in [5, 5.41) is 0. The van der Waals surface area contributed by atoms with Gasteiger partial charge in [0.15, 0.2) is 0 Å². The van der Waals surface area contributed by atoms with Crippen LogP contribution in [0, 0.1) is 0 Å². The van der Waals surface area contributed by atoms with Gasteiger partial charge in [0.1, 0.15) is 0 Å². The minimum absolute atomic E-state index is 0.399. The molecule has 1 unspecified atom stereocenters. The summed E-state index contributed by atoms with van der Waals surface area (Å²) in [5.74, 6) is 0. The standard InChI is InChI=1S/C12H19O3P/c1-3-5-6-7-8-9-10-11-12(4-2)16(13,14)15/h3,5-10,12H,1,4,11H2,2H3,(H2,13,14,15). The van der Waals surface area contributed by atoms with Crippen LogP contribution in [0.5, 0.6) is 0 Å². The van der Waals surface area contributed by atoms with E-state index in [9.17, 15) is 4.57 Å². The molecule has 2 N–H and O–H groups in total. The Balaban J connectivity index is 4.08. The zero-order valence-electron chi connectivity index (χ0n) is 9.49. The Morgan fingerprint density at radius 2 is 1.75 bits per heavy atom. The molecule has 0 aliphatic rings. The predicted octanol–water partition coefficient (Wildman–Crippen LogP) is 3.19.